The van der Waals surface area contributed by atoms with Gasteiger partial charge in [0.15, 0.2) is 11.8 Å². The van der Waals surface area contributed by atoms with Crippen molar-refractivity contribution in [3.8, 4) is 11.8 Å². The lowest BCUT2D eigenvalue weighted by Crippen LogP contribution is -2.35. The van der Waals surface area contributed by atoms with Crippen LogP contribution in [0, 0.1) is 0 Å². The average molecular weight is 280 g/mol. The second kappa shape index (κ2) is 4.77. The van der Waals surface area contributed by atoms with Gasteiger partial charge in [-0.15, -0.1) is 0 Å². The number of nitrogens with one attached hydrogen (secondary N) is 2. The smallest absolute Gasteiger partial charge is 0.408 e. The fraction of sp³-hybridized carbons (Fsp3) is 0.500. The highest BCUT2D eigenvalue weighted by molar-refractivity contribution is 5.70. The van der Waals surface area contributed by atoms with Gasteiger partial charge in [0.05, 0.1) is 6.04 Å². The lowest BCUT2D eigenvalue weighted by molar-refractivity contribution is 0.0513. The van der Waals surface area contributed by atoms with E-state index in [1.165, 1.54) is 0 Å². The van der Waals surface area contributed by atoms with Crippen molar-refractivity contribution < 1.29 is 19.7 Å². The number of fused-ring (bicyclic) bond motifs is 1. The number of carbonyl (C=O) groups is 1. The molecule has 1 aromatic rings. The first kappa shape index (κ1) is 14.3. The first-order valence-electron chi connectivity index (χ1n) is 6.47. The average Bonchev–Trinajstić information content (AvgIpc) is 2.51. The van der Waals surface area contributed by atoms with Gasteiger partial charge >= 0.3 is 6.09 Å². The van der Waals surface area contributed by atoms with Crippen LogP contribution in [0.1, 0.15) is 44.9 Å². The number of rotatable bonds is 1. The molecule has 0 aromatic carbocycles. The first-order valence-corrected chi connectivity index (χ1v) is 6.47. The quantitative estimate of drug-likeness (QED) is 0.594. The number of allylic oxidation sites excluding steroid dienone is 1. The molecule has 110 valence electrons. The zero-order chi connectivity index (χ0) is 15.1. The third-order valence-electron chi connectivity index (χ3n) is 2.99. The Morgan fingerprint density at radius 3 is 2.65 bits per heavy atom. The molecule has 1 atom stereocenters. The van der Waals surface area contributed by atoms with Gasteiger partial charge in [-0.25, -0.2) is 4.79 Å². The predicted molar refractivity (Wildman–Crippen MR) is 73.7 cm³/mol. The number of aromatic nitrogens is 1. The third-order valence-corrected chi connectivity index (χ3v) is 2.99. The SMILES string of the molecule is CC1=CC(NC(=O)OC(C)(C)C)c2c(O)[nH]c(O)c2C1. The topological polar surface area (TPSA) is 94.6 Å². The summed E-state index contributed by atoms with van der Waals surface area (Å²) in [5, 5.41) is 22.3. The molecule has 0 radical (unpaired) electrons. The number of ether oxygens (including phenoxy) is 1. The molecule has 20 heavy (non-hydrogen) atoms. The normalized spacial score (nSPS) is 18.2. The highest BCUT2D eigenvalue weighted by Crippen LogP contribution is 2.39. The summed E-state index contributed by atoms with van der Waals surface area (Å²) in [5.41, 5.74) is 1.48. The van der Waals surface area contributed by atoms with E-state index in [1.807, 2.05) is 13.0 Å². The van der Waals surface area contributed by atoms with Gasteiger partial charge in [0.25, 0.3) is 0 Å². The number of aromatic amines is 1. The summed E-state index contributed by atoms with van der Waals surface area (Å²) in [4.78, 5) is 14.3. The summed E-state index contributed by atoms with van der Waals surface area (Å²) in [6.07, 6.45) is 1.80. The molecule has 1 amide bonds. The number of amides is 1. The number of hydrogen-bond donors (Lipinski definition) is 4. The van der Waals surface area contributed by atoms with E-state index in [1.54, 1.807) is 20.8 Å². The molecular weight excluding hydrogens is 260 g/mol. The Labute approximate surface area is 117 Å². The Morgan fingerprint density at radius 2 is 2.05 bits per heavy atom. The number of aromatic hydroxyl groups is 2. The highest BCUT2D eigenvalue weighted by atomic mass is 16.6. The van der Waals surface area contributed by atoms with Crippen LogP contribution in [0.5, 0.6) is 11.8 Å². The maximum absolute atomic E-state index is 11.8. The number of carbonyl (C=O) groups excluding carboxylic acids is 1. The molecule has 1 heterocycles. The number of alkyl carbamates (subject to hydrolysis) is 1. The minimum absolute atomic E-state index is 0.0686. The lowest BCUT2D eigenvalue weighted by atomic mass is 9.91. The van der Waals surface area contributed by atoms with Crippen LogP contribution >= 0.6 is 0 Å². The molecule has 0 saturated heterocycles. The first-order chi connectivity index (χ1) is 9.17. The summed E-state index contributed by atoms with van der Waals surface area (Å²) in [5.74, 6) is -0.205. The summed E-state index contributed by atoms with van der Waals surface area (Å²) in [7, 11) is 0. The molecule has 0 spiro atoms. The van der Waals surface area contributed by atoms with Crippen LogP contribution in [0.25, 0.3) is 0 Å². The summed E-state index contributed by atoms with van der Waals surface area (Å²) in [6.45, 7) is 7.23. The van der Waals surface area contributed by atoms with Crippen molar-refractivity contribution in [2.75, 3.05) is 0 Å². The van der Waals surface area contributed by atoms with E-state index in [0.29, 0.717) is 17.5 Å². The Morgan fingerprint density at radius 1 is 1.40 bits per heavy atom. The van der Waals surface area contributed by atoms with E-state index in [2.05, 4.69) is 10.3 Å². The van der Waals surface area contributed by atoms with Gasteiger partial charge in [0.2, 0.25) is 0 Å². The van der Waals surface area contributed by atoms with Gasteiger partial charge in [0.1, 0.15) is 5.60 Å². The van der Waals surface area contributed by atoms with E-state index in [4.69, 9.17) is 4.74 Å². The molecule has 0 saturated carbocycles. The highest BCUT2D eigenvalue weighted by Gasteiger charge is 2.29. The van der Waals surface area contributed by atoms with E-state index in [0.717, 1.165) is 5.57 Å². The minimum atomic E-state index is -0.595. The Hall–Kier alpha value is -2.11. The van der Waals surface area contributed by atoms with Crippen LogP contribution in [-0.2, 0) is 11.2 Å². The van der Waals surface area contributed by atoms with Crippen molar-refractivity contribution in [3.05, 3.63) is 22.8 Å². The predicted octanol–water partition coefficient (Wildman–Crippen LogP) is 2.49. The van der Waals surface area contributed by atoms with Gasteiger partial charge in [0, 0.05) is 11.1 Å². The van der Waals surface area contributed by atoms with Gasteiger partial charge in [-0.2, -0.15) is 0 Å². The molecule has 1 aliphatic carbocycles. The van der Waals surface area contributed by atoms with Crippen LogP contribution < -0.4 is 5.32 Å². The van der Waals surface area contributed by atoms with E-state index >= 15 is 0 Å². The van der Waals surface area contributed by atoms with Gasteiger partial charge < -0.3 is 20.3 Å². The van der Waals surface area contributed by atoms with Crippen LogP contribution in [-0.4, -0.2) is 26.9 Å². The number of hydrogen-bond acceptors (Lipinski definition) is 4. The molecule has 1 aromatic heterocycles. The fourth-order valence-electron chi connectivity index (χ4n) is 2.29. The number of H-pyrrole nitrogens is 1. The van der Waals surface area contributed by atoms with Crippen LogP contribution in [0.3, 0.4) is 0 Å². The molecule has 0 fully saturated rings. The zero-order valence-electron chi connectivity index (χ0n) is 12.1. The summed E-state index contributed by atoms with van der Waals surface area (Å²) in [6, 6.07) is -0.522. The van der Waals surface area contributed by atoms with Crippen LogP contribution in [0.15, 0.2) is 11.6 Å². The summed E-state index contributed by atoms with van der Waals surface area (Å²) < 4.78 is 5.20. The standard InChI is InChI=1S/C14H20N2O4/c1-7-5-8-10(12(18)16-11(8)17)9(6-7)15-13(19)20-14(2,3)4/h6,9,16-18H,5H2,1-4H3,(H,15,19). The molecule has 1 aliphatic rings. The monoisotopic (exact) mass is 280 g/mol. The van der Waals surface area contributed by atoms with Crippen molar-refractivity contribution in [1.82, 2.24) is 10.3 Å². The molecular formula is C14H20N2O4. The Kier molecular flexibility index (Phi) is 3.41. The van der Waals surface area contributed by atoms with Crippen molar-refractivity contribution >= 4 is 6.09 Å². The fourth-order valence-corrected chi connectivity index (χ4v) is 2.29. The van der Waals surface area contributed by atoms with Crippen molar-refractivity contribution in [2.24, 2.45) is 0 Å². The third kappa shape index (κ3) is 2.89. The molecule has 0 aliphatic heterocycles. The van der Waals surface area contributed by atoms with Gasteiger partial charge in [-0.05, 0) is 34.1 Å². The van der Waals surface area contributed by atoms with Crippen molar-refractivity contribution in [2.45, 2.75) is 45.8 Å². The van der Waals surface area contributed by atoms with Crippen molar-refractivity contribution in [3.63, 3.8) is 0 Å². The van der Waals surface area contributed by atoms with Crippen LogP contribution in [0.4, 0.5) is 4.79 Å². The molecule has 6 nitrogen and oxygen atoms in total. The van der Waals surface area contributed by atoms with Gasteiger partial charge in [-0.1, -0.05) is 11.6 Å². The molecule has 1 unspecified atom stereocenters. The zero-order valence-corrected chi connectivity index (χ0v) is 12.1. The molecule has 6 heteroatoms. The minimum Gasteiger partial charge on any atom is -0.494 e. The second-order valence-electron chi connectivity index (χ2n) is 6.03. The molecule has 0 bridgehead atoms. The van der Waals surface area contributed by atoms with Crippen LogP contribution in [0.2, 0.25) is 0 Å². The largest absolute Gasteiger partial charge is 0.494 e. The Bertz CT molecular complexity index is 566. The maximum atomic E-state index is 11.8. The molecule has 4 N–H and O–H groups in total. The lowest BCUT2D eigenvalue weighted by Gasteiger charge is -2.25. The van der Waals surface area contributed by atoms with Crippen molar-refractivity contribution in [1.29, 1.82) is 0 Å². The van der Waals surface area contributed by atoms with Gasteiger partial charge in [-0.3, -0.25) is 4.98 Å². The summed E-state index contributed by atoms with van der Waals surface area (Å²) >= 11 is 0. The molecule has 2 rings (SSSR count). The maximum Gasteiger partial charge on any atom is 0.408 e. The Balaban J connectivity index is 2.24. The van der Waals surface area contributed by atoms with E-state index < -0.39 is 17.7 Å². The van der Waals surface area contributed by atoms with E-state index in [-0.39, 0.29) is 11.8 Å². The van der Waals surface area contributed by atoms with E-state index in [9.17, 15) is 15.0 Å². The second-order valence-corrected chi connectivity index (χ2v) is 6.03.